The van der Waals surface area contributed by atoms with Gasteiger partial charge in [-0.3, -0.25) is 4.18 Å². The average Bonchev–Trinajstić information content (AvgIpc) is 2.11. The minimum atomic E-state index is -3.51. The van der Waals surface area contributed by atoms with Gasteiger partial charge in [0.15, 0.2) is 0 Å². The zero-order valence-corrected chi connectivity index (χ0v) is 12.0. The minimum absolute atomic E-state index is 0.0695. The van der Waals surface area contributed by atoms with E-state index in [0.717, 1.165) is 6.26 Å². The third-order valence-corrected chi connectivity index (χ3v) is 3.16. The van der Waals surface area contributed by atoms with Gasteiger partial charge in [-0.1, -0.05) is 30.1 Å². The van der Waals surface area contributed by atoms with Gasteiger partial charge >= 0.3 is 0 Å². The van der Waals surface area contributed by atoms with Crippen LogP contribution in [0.2, 0.25) is 15.6 Å². The number of halogens is 3. The van der Waals surface area contributed by atoms with Gasteiger partial charge < -0.3 is 0 Å². The molecule has 0 aliphatic rings. The maximum absolute atomic E-state index is 10.9. The molecule has 0 fully saturated rings. The Morgan fingerprint density at radius 3 is 2.12 bits per heavy atom. The largest absolute Gasteiger partial charge is 0.270 e. The molecule has 1 unspecified atom stereocenters. The van der Waals surface area contributed by atoms with Crippen molar-refractivity contribution in [3.8, 4) is 0 Å². The lowest BCUT2D eigenvalue weighted by atomic mass is 10.1. The fourth-order valence-corrected chi connectivity index (χ4v) is 2.58. The molecular weight excluding hydrogens is 311 g/mol. The van der Waals surface area contributed by atoms with Crippen molar-refractivity contribution in [3.63, 3.8) is 0 Å². The Morgan fingerprint density at radius 1 is 1.24 bits per heavy atom. The van der Waals surface area contributed by atoms with Crippen LogP contribution in [-0.2, 0) is 14.3 Å². The molecule has 0 aliphatic heterocycles. The molecule has 0 saturated heterocycles. The summed E-state index contributed by atoms with van der Waals surface area (Å²) in [5.41, 5.74) is 0.404. The Kier molecular flexibility index (Phi) is 4.97. The molecule has 96 valence electrons. The van der Waals surface area contributed by atoms with E-state index in [4.69, 9.17) is 34.8 Å². The lowest BCUT2D eigenvalue weighted by Crippen LogP contribution is -2.11. The number of hydrogen-bond acceptors (Lipinski definition) is 5. The van der Waals surface area contributed by atoms with E-state index in [1.54, 1.807) is 6.92 Å². The molecule has 1 heterocycles. The van der Waals surface area contributed by atoms with Gasteiger partial charge in [-0.2, -0.15) is 8.42 Å². The second-order valence-electron chi connectivity index (χ2n) is 3.38. The summed E-state index contributed by atoms with van der Waals surface area (Å²) in [5.74, 6) is -0.373. The van der Waals surface area contributed by atoms with E-state index in [2.05, 4.69) is 14.2 Å². The Bertz CT molecular complexity index is 498. The lowest BCUT2D eigenvalue weighted by molar-refractivity contribution is 0.301. The van der Waals surface area contributed by atoms with Gasteiger partial charge in [-0.25, -0.2) is 9.97 Å². The van der Waals surface area contributed by atoms with E-state index < -0.39 is 10.1 Å². The number of rotatable bonds is 4. The Labute approximate surface area is 114 Å². The molecule has 0 radical (unpaired) electrons. The molecule has 1 aromatic rings. The number of nitrogens with zero attached hydrogens (tertiary/aromatic N) is 2. The first-order chi connectivity index (χ1) is 7.70. The minimum Gasteiger partial charge on any atom is -0.270 e. The lowest BCUT2D eigenvalue weighted by Gasteiger charge is -2.13. The van der Waals surface area contributed by atoms with E-state index in [1.165, 1.54) is 0 Å². The van der Waals surface area contributed by atoms with Crippen LogP contribution < -0.4 is 0 Å². The van der Waals surface area contributed by atoms with Gasteiger partial charge in [0, 0.05) is 11.5 Å². The highest BCUT2D eigenvalue weighted by atomic mass is 35.5. The molecule has 0 N–H and O–H groups in total. The van der Waals surface area contributed by atoms with Crippen LogP contribution >= 0.6 is 34.8 Å². The molecule has 0 amide bonds. The monoisotopic (exact) mass is 318 g/mol. The van der Waals surface area contributed by atoms with Gasteiger partial charge in [-0.15, -0.1) is 0 Å². The van der Waals surface area contributed by atoms with Crippen molar-refractivity contribution in [2.75, 3.05) is 12.9 Å². The van der Waals surface area contributed by atoms with E-state index in [-0.39, 0.29) is 28.1 Å². The molecule has 0 spiro atoms. The summed E-state index contributed by atoms with van der Waals surface area (Å²) in [6.07, 6.45) is 0.960. The SMILES string of the molecule is CC(COS(C)(=O)=O)c1c(Cl)nc(Cl)nc1Cl. The Balaban J connectivity index is 2.93. The molecule has 0 aliphatic carbocycles. The molecule has 0 bridgehead atoms. The van der Waals surface area contributed by atoms with Crippen molar-refractivity contribution in [2.45, 2.75) is 12.8 Å². The van der Waals surface area contributed by atoms with Crippen LogP contribution in [-0.4, -0.2) is 31.2 Å². The van der Waals surface area contributed by atoms with Gasteiger partial charge in [0.1, 0.15) is 10.3 Å². The molecular formula is C8H9Cl3N2O3S. The van der Waals surface area contributed by atoms with Crippen LogP contribution in [0.25, 0.3) is 0 Å². The predicted octanol–water partition coefficient (Wildman–Crippen LogP) is 2.52. The summed E-state index contributed by atoms with van der Waals surface area (Å²) in [6, 6.07) is 0. The first-order valence-electron chi connectivity index (χ1n) is 4.43. The number of aromatic nitrogens is 2. The van der Waals surface area contributed by atoms with Gasteiger partial charge in [0.25, 0.3) is 10.1 Å². The van der Waals surface area contributed by atoms with Crippen LogP contribution in [0.15, 0.2) is 0 Å². The smallest absolute Gasteiger partial charge is 0.264 e. The van der Waals surface area contributed by atoms with Crippen LogP contribution in [0.4, 0.5) is 0 Å². The zero-order chi connectivity index (χ0) is 13.2. The summed E-state index contributed by atoms with van der Waals surface area (Å²) in [5, 5.41) is 0.0965. The molecule has 1 atom stereocenters. The molecule has 1 rings (SSSR count). The summed E-state index contributed by atoms with van der Waals surface area (Å²) >= 11 is 17.3. The van der Waals surface area contributed by atoms with Crippen molar-refractivity contribution in [2.24, 2.45) is 0 Å². The van der Waals surface area contributed by atoms with Crippen LogP contribution in [0, 0.1) is 0 Å². The molecule has 0 saturated carbocycles. The molecule has 0 aromatic carbocycles. The summed E-state index contributed by atoms with van der Waals surface area (Å²) in [6.45, 7) is 1.60. The summed E-state index contributed by atoms with van der Waals surface area (Å²) in [4.78, 5) is 7.46. The fourth-order valence-electron chi connectivity index (χ4n) is 1.11. The van der Waals surface area contributed by atoms with Gasteiger partial charge in [0.05, 0.1) is 12.9 Å². The van der Waals surface area contributed by atoms with Crippen LogP contribution in [0.5, 0.6) is 0 Å². The van der Waals surface area contributed by atoms with E-state index in [0.29, 0.717) is 5.56 Å². The van der Waals surface area contributed by atoms with Gasteiger partial charge in [0.2, 0.25) is 5.28 Å². The predicted molar refractivity (Wildman–Crippen MR) is 66.3 cm³/mol. The highest BCUT2D eigenvalue weighted by Crippen LogP contribution is 2.30. The second-order valence-corrected chi connectivity index (χ2v) is 6.08. The van der Waals surface area contributed by atoms with Crippen molar-refractivity contribution in [1.82, 2.24) is 9.97 Å². The van der Waals surface area contributed by atoms with E-state index in [9.17, 15) is 8.42 Å². The van der Waals surface area contributed by atoms with Crippen molar-refractivity contribution in [3.05, 3.63) is 21.2 Å². The number of hydrogen-bond donors (Lipinski definition) is 0. The third-order valence-electron chi connectivity index (χ3n) is 1.85. The molecule has 1 aromatic heterocycles. The maximum Gasteiger partial charge on any atom is 0.264 e. The normalized spacial score (nSPS) is 13.7. The third kappa shape index (κ3) is 4.56. The molecule has 9 heteroatoms. The summed E-state index contributed by atoms with van der Waals surface area (Å²) in [7, 11) is -3.51. The topological polar surface area (TPSA) is 69.2 Å². The standard InChI is InChI=1S/C8H9Cl3N2O3S/c1-4(3-16-17(2,14)15)5-6(9)12-8(11)13-7(5)10/h4H,3H2,1-2H3. The summed E-state index contributed by atoms with van der Waals surface area (Å²) < 4.78 is 26.4. The van der Waals surface area contributed by atoms with Crippen LogP contribution in [0.3, 0.4) is 0 Å². The molecule has 5 nitrogen and oxygen atoms in total. The average molecular weight is 320 g/mol. The Hall–Kier alpha value is -0.140. The highest BCUT2D eigenvalue weighted by molar-refractivity contribution is 7.85. The molecule has 17 heavy (non-hydrogen) atoms. The first-order valence-corrected chi connectivity index (χ1v) is 7.38. The van der Waals surface area contributed by atoms with Gasteiger partial charge in [-0.05, 0) is 11.6 Å². The zero-order valence-electron chi connectivity index (χ0n) is 8.95. The van der Waals surface area contributed by atoms with Crippen molar-refractivity contribution in [1.29, 1.82) is 0 Å². The maximum atomic E-state index is 10.9. The Morgan fingerprint density at radius 2 is 1.71 bits per heavy atom. The fraction of sp³-hybridized carbons (Fsp3) is 0.500. The van der Waals surface area contributed by atoms with Crippen molar-refractivity contribution >= 4 is 44.9 Å². The second kappa shape index (κ2) is 5.67. The van der Waals surface area contributed by atoms with E-state index in [1.807, 2.05) is 0 Å². The highest BCUT2D eigenvalue weighted by Gasteiger charge is 2.19. The first kappa shape index (κ1) is 14.9. The van der Waals surface area contributed by atoms with E-state index >= 15 is 0 Å². The van der Waals surface area contributed by atoms with Crippen LogP contribution in [0.1, 0.15) is 18.4 Å². The van der Waals surface area contributed by atoms with Crippen molar-refractivity contribution < 1.29 is 12.6 Å². The quantitative estimate of drug-likeness (QED) is 0.484.